The highest BCUT2D eigenvalue weighted by Crippen LogP contribution is 2.38. The zero-order chi connectivity index (χ0) is 24.0. The van der Waals surface area contributed by atoms with Crippen LogP contribution in [0, 0.1) is 12.3 Å². The molecule has 4 heterocycles. The number of carbonyl (C=O) groups excluding carboxylic acids is 1. The number of pyridine rings is 2. The maximum Gasteiger partial charge on any atom is 0.343 e. The van der Waals surface area contributed by atoms with Gasteiger partial charge >= 0.3 is 5.97 Å². The summed E-state index contributed by atoms with van der Waals surface area (Å²) in [6.45, 7) is 10.2. The lowest BCUT2D eigenvalue weighted by Gasteiger charge is -2.31. The first kappa shape index (κ1) is 24.3. The molecule has 8 heteroatoms. The van der Waals surface area contributed by atoms with Gasteiger partial charge in [0.05, 0.1) is 23.5 Å². The summed E-state index contributed by atoms with van der Waals surface area (Å²) in [5.41, 5.74) is 3.32. The molecule has 4 rings (SSSR count). The summed E-state index contributed by atoms with van der Waals surface area (Å²) < 4.78 is 8.02. The maximum atomic E-state index is 13.3. The van der Waals surface area contributed by atoms with Gasteiger partial charge in [-0.05, 0) is 53.7 Å². The Bertz CT molecular complexity index is 1160. The van der Waals surface area contributed by atoms with Crippen LogP contribution in [-0.2, 0) is 34.8 Å². The number of hydrogen-bond donors (Lipinski definition) is 2. The van der Waals surface area contributed by atoms with Crippen molar-refractivity contribution in [3.63, 3.8) is 0 Å². The molecular formula is C25H32IN3O4. The summed E-state index contributed by atoms with van der Waals surface area (Å²) in [7, 11) is 0. The van der Waals surface area contributed by atoms with Gasteiger partial charge in [-0.25, -0.2) is 4.79 Å². The second-order valence-corrected chi connectivity index (χ2v) is 11.0. The number of halogens is 1. The van der Waals surface area contributed by atoms with Crippen molar-refractivity contribution in [3.05, 3.63) is 50.4 Å². The molecule has 33 heavy (non-hydrogen) atoms. The van der Waals surface area contributed by atoms with Crippen molar-refractivity contribution in [1.29, 1.82) is 0 Å². The predicted octanol–water partition coefficient (Wildman–Crippen LogP) is 3.57. The Morgan fingerprint density at radius 2 is 2.06 bits per heavy atom. The number of nitrogens with one attached hydrogen (secondary N) is 1. The van der Waals surface area contributed by atoms with E-state index in [2.05, 4.69) is 47.8 Å². The average molecular weight is 565 g/mol. The van der Waals surface area contributed by atoms with Crippen LogP contribution in [-0.4, -0.2) is 31.6 Å². The van der Waals surface area contributed by atoms with E-state index in [0.29, 0.717) is 29.9 Å². The molecule has 0 amide bonds. The van der Waals surface area contributed by atoms with Gasteiger partial charge in [0.25, 0.3) is 5.56 Å². The molecule has 178 valence electrons. The number of aliphatic hydroxyl groups is 1. The van der Waals surface area contributed by atoms with Gasteiger partial charge in [-0.2, -0.15) is 0 Å². The molecule has 0 unspecified atom stereocenters. The van der Waals surface area contributed by atoms with Crippen LogP contribution in [0.1, 0.15) is 68.0 Å². The number of rotatable bonds is 8. The van der Waals surface area contributed by atoms with Gasteiger partial charge in [-0.15, -0.1) is 0 Å². The van der Waals surface area contributed by atoms with Crippen molar-refractivity contribution in [2.75, 3.05) is 11.0 Å². The topological polar surface area (TPSA) is 93.5 Å². The molecule has 2 N–H and O–H groups in total. The highest BCUT2D eigenvalue weighted by molar-refractivity contribution is 14.1. The molecule has 0 saturated carbocycles. The molecule has 0 radical (unpaired) electrons. The third-order valence-electron chi connectivity index (χ3n) is 6.85. The number of ether oxygens (including phenoxy) is 1. The van der Waals surface area contributed by atoms with Crippen LogP contribution in [0.15, 0.2) is 16.9 Å². The van der Waals surface area contributed by atoms with Crippen molar-refractivity contribution in [1.82, 2.24) is 14.9 Å². The summed E-state index contributed by atoms with van der Waals surface area (Å²) in [4.78, 5) is 30.4. The molecule has 0 aliphatic carbocycles. The quantitative estimate of drug-likeness (QED) is 0.247. The van der Waals surface area contributed by atoms with E-state index in [-0.39, 0.29) is 24.0 Å². The third-order valence-corrected chi connectivity index (χ3v) is 7.62. The van der Waals surface area contributed by atoms with Crippen LogP contribution in [0.2, 0.25) is 0 Å². The summed E-state index contributed by atoms with van der Waals surface area (Å²) in [6, 6.07) is 3.85. The Labute approximate surface area is 208 Å². The SMILES string of the molecule is CC[C@@]1(O)C(=O)OCc2c1cc1n(c2=O)Cc2c(CNCC(C)(C)CCCI)cc(C)nc2-1. The smallest absolute Gasteiger partial charge is 0.343 e. The van der Waals surface area contributed by atoms with Crippen molar-refractivity contribution < 1.29 is 14.6 Å². The molecule has 0 fully saturated rings. The Morgan fingerprint density at radius 1 is 1.30 bits per heavy atom. The van der Waals surface area contributed by atoms with Crippen LogP contribution >= 0.6 is 22.6 Å². The Morgan fingerprint density at radius 3 is 2.76 bits per heavy atom. The maximum absolute atomic E-state index is 13.3. The van der Waals surface area contributed by atoms with E-state index in [1.807, 2.05) is 6.92 Å². The second-order valence-electron chi connectivity index (χ2n) is 9.91. The second kappa shape index (κ2) is 9.11. The number of aromatic nitrogens is 2. The monoisotopic (exact) mass is 565 g/mol. The highest BCUT2D eigenvalue weighted by Gasteiger charge is 2.45. The van der Waals surface area contributed by atoms with Gasteiger partial charge in [-0.1, -0.05) is 43.4 Å². The average Bonchev–Trinajstić information content (AvgIpc) is 3.14. The molecule has 2 aliphatic rings. The molecule has 1 atom stereocenters. The molecule has 0 aromatic carbocycles. The first-order valence-electron chi connectivity index (χ1n) is 11.5. The van der Waals surface area contributed by atoms with Gasteiger partial charge in [0.2, 0.25) is 0 Å². The van der Waals surface area contributed by atoms with E-state index in [9.17, 15) is 14.7 Å². The summed E-state index contributed by atoms with van der Waals surface area (Å²) in [5, 5.41) is 14.6. The number of fused-ring (bicyclic) bond motifs is 4. The van der Waals surface area contributed by atoms with Crippen LogP contribution < -0.4 is 10.9 Å². The molecule has 2 aliphatic heterocycles. The number of aryl methyl sites for hydroxylation is 1. The zero-order valence-electron chi connectivity index (χ0n) is 19.8. The summed E-state index contributed by atoms with van der Waals surface area (Å²) >= 11 is 2.42. The van der Waals surface area contributed by atoms with Gasteiger partial charge in [0.1, 0.15) is 6.61 Å². The summed E-state index contributed by atoms with van der Waals surface area (Å²) in [6.07, 6.45) is 2.51. The van der Waals surface area contributed by atoms with Gasteiger partial charge in [0.15, 0.2) is 5.60 Å². The molecular weight excluding hydrogens is 533 g/mol. The first-order valence-corrected chi connectivity index (χ1v) is 13.1. The Balaban J connectivity index is 1.69. The number of hydrogen-bond acceptors (Lipinski definition) is 6. The lowest BCUT2D eigenvalue weighted by atomic mass is 9.86. The number of cyclic esters (lactones) is 1. The molecule has 0 spiro atoms. The fraction of sp³-hybridized carbons (Fsp3) is 0.560. The molecule has 2 aromatic rings. The number of alkyl halides is 1. The Hall–Kier alpha value is -1.78. The van der Waals surface area contributed by atoms with Crippen LogP contribution in [0.25, 0.3) is 11.4 Å². The van der Waals surface area contributed by atoms with E-state index in [1.54, 1.807) is 17.6 Å². The van der Waals surface area contributed by atoms with Crippen LogP contribution in [0.4, 0.5) is 0 Å². The number of carbonyl (C=O) groups is 1. The fourth-order valence-corrected chi connectivity index (χ4v) is 5.28. The minimum atomic E-state index is -1.80. The first-order chi connectivity index (χ1) is 15.6. The van der Waals surface area contributed by atoms with Crippen molar-refractivity contribution in [2.45, 2.75) is 72.3 Å². The molecule has 2 aromatic heterocycles. The minimum absolute atomic E-state index is 0.112. The third kappa shape index (κ3) is 4.37. The highest BCUT2D eigenvalue weighted by atomic mass is 127. The van der Waals surface area contributed by atoms with Crippen LogP contribution in [0.5, 0.6) is 0 Å². The number of nitrogens with zero attached hydrogens (tertiary/aromatic N) is 2. The van der Waals surface area contributed by atoms with Crippen molar-refractivity contribution in [2.24, 2.45) is 5.41 Å². The minimum Gasteiger partial charge on any atom is -0.458 e. The van der Waals surface area contributed by atoms with Crippen LogP contribution in [0.3, 0.4) is 0 Å². The van der Waals surface area contributed by atoms with Crippen molar-refractivity contribution >= 4 is 28.6 Å². The van der Waals surface area contributed by atoms with Gasteiger partial charge in [-0.3, -0.25) is 9.78 Å². The lowest BCUT2D eigenvalue weighted by molar-refractivity contribution is -0.172. The van der Waals surface area contributed by atoms with Crippen molar-refractivity contribution in [3.8, 4) is 11.4 Å². The van der Waals surface area contributed by atoms with E-state index >= 15 is 0 Å². The van der Waals surface area contributed by atoms with E-state index in [4.69, 9.17) is 9.72 Å². The molecule has 0 bridgehead atoms. The lowest BCUT2D eigenvalue weighted by Crippen LogP contribution is -2.44. The van der Waals surface area contributed by atoms with E-state index in [0.717, 1.165) is 29.1 Å². The fourth-order valence-electron chi connectivity index (χ4n) is 4.89. The van der Waals surface area contributed by atoms with Gasteiger partial charge in [0, 0.05) is 29.9 Å². The van der Waals surface area contributed by atoms with E-state index in [1.165, 1.54) is 17.3 Å². The largest absolute Gasteiger partial charge is 0.458 e. The standard InChI is InChI=1S/C25H32IN3O4/c1-5-25(32)19-10-20-21-17(12-29(20)22(30)18(19)13-33-23(25)31)16(9-15(2)28-21)11-27-14-24(3,4)7-6-8-26/h9-10,27,32H,5-8,11-14H2,1-4H3/t25-/m0/s1. The predicted molar refractivity (Wildman–Crippen MR) is 135 cm³/mol. The normalized spacial score (nSPS) is 19.2. The molecule has 0 saturated heterocycles. The Kier molecular flexibility index (Phi) is 6.72. The number of esters is 1. The summed E-state index contributed by atoms with van der Waals surface area (Å²) in [5.74, 6) is -0.702. The molecule has 7 nitrogen and oxygen atoms in total. The van der Waals surface area contributed by atoms with E-state index < -0.39 is 11.6 Å². The van der Waals surface area contributed by atoms with Gasteiger partial charge < -0.3 is 19.7 Å². The zero-order valence-corrected chi connectivity index (χ0v) is 21.9.